The van der Waals surface area contributed by atoms with Crippen LogP contribution in [0.4, 0.5) is 0 Å². The zero-order valence-corrected chi connectivity index (χ0v) is 11.7. The van der Waals surface area contributed by atoms with Crippen molar-refractivity contribution in [1.29, 1.82) is 0 Å². The van der Waals surface area contributed by atoms with E-state index in [0.717, 1.165) is 23.5 Å². The fraction of sp³-hybridized carbons (Fsp3) is 0.176. The van der Waals surface area contributed by atoms with Crippen LogP contribution in [0.2, 0.25) is 5.02 Å². The second kappa shape index (κ2) is 4.65. The Balaban J connectivity index is 1.90. The van der Waals surface area contributed by atoms with Gasteiger partial charge in [0.15, 0.2) is 0 Å². The molecular formula is C17H15ClN2. The Morgan fingerprint density at radius 2 is 1.95 bits per heavy atom. The van der Waals surface area contributed by atoms with Crippen molar-refractivity contribution in [2.45, 2.75) is 12.5 Å². The Morgan fingerprint density at radius 3 is 2.90 bits per heavy atom. The van der Waals surface area contributed by atoms with Crippen molar-refractivity contribution < 1.29 is 0 Å². The highest BCUT2D eigenvalue weighted by Gasteiger charge is 2.23. The maximum atomic E-state index is 6.15. The summed E-state index contributed by atoms with van der Waals surface area (Å²) in [7, 11) is 0. The van der Waals surface area contributed by atoms with Crippen molar-refractivity contribution in [3.63, 3.8) is 0 Å². The van der Waals surface area contributed by atoms with E-state index in [1.165, 1.54) is 22.1 Å². The molecule has 0 spiro atoms. The maximum Gasteiger partial charge on any atom is 0.0600 e. The first-order valence-electron chi connectivity index (χ1n) is 6.90. The maximum absolute atomic E-state index is 6.15. The quantitative estimate of drug-likeness (QED) is 0.692. The van der Waals surface area contributed by atoms with Crippen molar-refractivity contribution in [2.75, 3.05) is 6.54 Å². The van der Waals surface area contributed by atoms with E-state index in [0.29, 0.717) is 0 Å². The second-order valence-electron chi connectivity index (χ2n) is 5.27. The van der Waals surface area contributed by atoms with E-state index in [2.05, 4.69) is 40.8 Å². The van der Waals surface area contributed by atoms with Crippen molar-refractivity contribution in [2.24, 2.45) is 0 Å². The normalized spacial score (nSPS) is 18.1. The summed E-state index contributed by atoms with van der Waals surface area (Å²) in [6.45, 7) is 1.01. The molecule has 2 aromatic carbocycles. The van der Waals surface area contributed by atoms with Crippen LogP contribution in [0, 0.1) is 0 Å². The van der Waals surface area contributed by atoms with Crippen molar-refractivity contribution >= 4 is 22.5 Å². The number of hydrogen-bond donors (Lipinski definition) is 2. The molecule has 4 rings (SSSR count). The van der Waals surface area contributed by atoms with Gasteiger partial charge >= 0.3 is 0 Å². The molecule has 0 bridgehead atoms. The lowest BCUT2D eigenvalue weighted by Crippen LogP contribution is -2.30. The number of nitrogens with one attached hydrogen (secondary N) is 2. The lowest BCUT2D eigenvalue weighted by atomic mass is 9.90. The van der Waals surface area contributed by atoms with Gasteiger partial charge in [-0.15, -0.1) is 0 Å². The molecule has 0 aliphatic carbocycles. The number of H-pyrrole nitrogens is 1. The van der Waals surface area contributed by atoms with Gasteiger partial charge in [-0.2, -0.15) is 0 Å². The molecule has 0 saturated carbocycles. The van der Waals surface area contributed by atoms with E-state index in [4.69, 9.17) is 11.6 Å². The van der Waals surface area contributed by atoms with Gasteiger partial charge in [-0.1, -0.05) is 35.9 Å². The van der Waals surface area contributed by atoms with Crippen LogP contribution in [0.25, 0.3) is 10.9 Å². The molecule has 3 aromatic rings. The van der Waals surface area contributed by atoms with Crippen LogP contribution in [-0.2, 0) is 6.42 Å². The molecule has 0 amide bonds. The van der Waals surface area contributed by atoms with Gasteiger partial charge in [-0.25, -0.2) is 0 Å². The summed E-state index contributed by atoms with van der Waals surface area (Å²) in [5, 5.41) is 5.61. The lowest BCUT2D eigenvalue weighted by molar-refractivity contribution is 0.570. The minimum Gasteiger partial charge on any atom is -0.361 e. The van der Waals surface area contributed by atoms with Crippen LogP contribution in [0.15, 0.2) is 48.7 Å². The molecule has 0 fully saturated rings. The molecule has 20 heavy (non-hydrogen) atoms. The van der Waals surface area contributed by atoms with Crippen LogP contribution in [0.3, 0.4) is 0 Å². The number of hydrogen-bond acceptors (Lipinski definition) is 1. The van der Waals surface area contributed by atoms with Gasteiger partial charge in [-0.05, 0) is 41.3 Å². The fourth-order valence-electron chi connectivity index (χ4n) is 3.14. The third kappa shape index (κ3) is 1.84. The Labute approximate surface area is 122 Å². The second-order valence-corrected chi connectivity index (χ2v) is 5.71. The third-order valence-corrected chi connectivity index (χ3v) is 4.33. The smallest absolute Gasteiger partial charge is 0.0600 e. The summed E-state index contributed by atoms with van der Waals surface area (Å²) in [5.41, 5.74) is 5.22. The summed E-state index contributed by atoms with van der Waals surface area (Å²) < 4.78 is 0. The van der Waals surface area contributed by atoms with E-state index in [1.54, 1.807) is 0 Å². The zero-order valence-electron chi connectivity index (χ0n) is 11.0. The first-order chi connectivity index (χ1) is 9.83. The van der Waals surface area contributed by atoms with E-state index >= 15 is 0 Å². The standard InChI is InChI=1S/C17H15ClN2/c18-12-5-6-16-14(9-12)15(10-20-16)17-13-4-2-1-3-11(13)7-8-19-17/h1-6,9-10,17,19-20H,7-8H2. The molecule has 2 nitrogen and oxygen atoms in total. The van der Waals surface area contributed by atoms with Gasteiger partial charge < -0.3 is 10.3 Å². The number of halogens is 1. The molecule has 0 radical (unpaired) electrons. The number of fused-ring (bicyclic) bond motifs is 2. The van der Waals surface area contributed by atoms with Crippen LogP contribution in [-0.4, -0.2) is 11.5 Å². The van der Waals surface area contributed by atoms with Gasteiger partial charge in [-0.3, -0.25) is 0 Å². The predicted molar refractivity (Wildman–Crippen MR) is 83.3 cm³/mol. The van der Waals surface area contributed by atoms with E-state index in [1.807, 2.05) is 18.2 Å². The fourth-order valence-corrected chi connectivity index (χ4v) is 3.31. The number of aromatic amines is 1. The molecule has 1 unspecified atom stereocenters. The Morgan fingerprint density at radius 1 is 1.05 bits per heavy atom. The summed E-state index contributed by atoms with van der Waals surface area (Å²) in [5.74, 6) is 0. The third-order valence-electron chi connectivity index (χ3n) is 4.10. The first-order valence-corrected chi connectivity index (χ1v) is 7.28. The zero-order chi connectivity index (χ0) is 13.5. The van der Waals surface area contributed by atoms with Gasteiger partial charge in [0.1, 0.15) is 0 Å². The lowest BCUT2D eigenvalue weighted by Gasteiger charge is -2.26. The molecule has 0 saturated heterocycles. The van der Waals surface area contributed by atoms with Crippen molar-refractivity contribution in [1.82, 2.24) is 10.3 Å². The molecule has 1 aromatic heterocycles. The summed E-state index contributed by atoms with van der Waals surface area (Å²) >= 11 is 6.15. The average Bonchev–Trinajstić information content (AvgIpc) is 2.89. The van der Waals surface area contributed by atoms with Gasteiger partial charge in [0, 0.05) is 28.7 Å². The SMILES string of the molecule is Clc1ccc2[nH]cc(C3NCCc4ccccc43)c2c1. The van der Waals surface area contributed by atoms with Crippen LogP contribution < -0.4 is 5.32 Å². The van der Waals surface area contributed by atoms with Crippen molar-refractivity contribution in [3.8, 4) is 0 Å². The highest BCUT2D eigenvalue weighted by Crippen LogP contribution is 2.33. The summed E-state index contributed by atoms with van der Waals surface area (Å²) in [4.78, 5) is 3.34. The topological polar surface area (TPSA) is 27.8 Å². The highest BCUT2D eigenvalue weighted by molar-refractivity contribution is 6.31. The van der Waals surface area contributed by atoms with Gasteiger partial charge in [0.25, 0.3) is 0 Å². The minimum atomic E-state index is 0.243. The van der Waals surface area contributed by atoms with Crippen LogP contribution in [0.5, 0.6) is 0 Å². The minimum absolute atomic E-state index is 0.243. The molecule has 100 valence electrons. The monoisotopic (exact) mass is 282 g/mol. The molecule has 1 atom stereocenters. The predicted octanol–water partition coefficient (Wildman–Crippen LogP) is 4.06. The van der Waals surface area contributed by atoms with Gasteiger partial charge in [0.05, 0.1) is 6.04 Å². The largest absolute Gasteiger partial charge is 0.361 e. The number of aromatic nitrogens is 1. The van der Waals surface area contributed by atoms with Crippen molar-refractivity contribution in [3.05, 3.63) is 70.4 Å². The molecular weight excluding hydrogens is 268 g/mol. The highest BCUT2D eigenvalue weighted by atomic mass is 35.5. The first kappa shape index (κ1) is 12.0. The Hall–Kier alpha value is -1.77. The Kier molecular flexibility index (Phi) is 2.79. The van der Waals surface area contributed by atoms with E-state index < -0.39 is 0 Å². The molecule has 1 aliphatic rings. The molecule has 2 heterocycles. The van der Waals surface area contributed by atoms with Crippen LogP contribution in [0.1, 0.15) is 22.7 Å². The molecule has 2 N–H and O–H groups in total. The molecule has 3 heteroatoms. The Bertz CT molecular complexity index is 776. The number of rotatable bonds is 1. The average molecular weight is 283 g/mol. The molecule has 1 aliphatic heterocycles. The van der Waals surface area contributed by atoms with Gasteiger partial charge in [0.2, 0.25) is 0 Å². The van der Waals surface area contributed by atoms with Crippen LogP contribution >= 0.6 is 11.6 Å². The number of benzene rings is 2. The summed E-state index contributed by atoms with van der Waals surface area (Å²) in [6.07, 6.45) is 3.19. The van der Waals surface area contributed by atoms with E-state index in [-0.39, 0.29) is 6.04 Å². The summed E-state index contributed by atoms with van der Waals surface area (Å²) in [6, 6.07) is 14.9. The van der Waals surface area contributed by atoms with E-state index in [9.17, 15) is 0 Å².